The van der Waals surface area contributed by atoms with E-state index >= 15 is 0 Å². The van der Waals surface area contributed by atoms with Crippen molar-refractivity contribution in [2.75, 3.05) is 6.61 Å². The van der Waals surface area contributed by atoms with Gasteiger partial charge in [-0.15, -0.1) is 11.3 Å². The fourth-order valence-electron chi connectivity index (χ4n) is 3.52. The minimum atomic E-state index is -0.402. The number of thiophene rings is 1. The Morgan fingerprint density at radius 1 is 1.04 bits per heavy atom. The number of nitrogens with one attached hydrogen (secondary N) is 1. The van der Waals surface area contributed by atoms with E-state index in [4.69, 9.17) is 10.5 Å². The van der Waals surface area contributed by atoms with Gasteiger partial charge in [-0.05, 0) is 39.3 Å². The summed E-state index contributed by atoms with van der Waals surface area (Å²) in [5.41, 5.74) is 11.6. The van der Waals surface area contributed by atoms with Crippen molar-refractivity contribution in [3.8, 4) is 11.1 Å². The van der Waals surface area contributed by atoms with Gasteiger partial charge in [0.1, 0.15) is 6.61 Å². The molecule has 4 nitrogen and oxygen atoms in total. The zero-order valence-electron chi connectivity index (χ0n) is 14.3. The minimum absolute atomic E-state index is 0.0777. The van der Waals surface area contributed by atoms with Crippen molar-refractivity contribution in [1.29, 1.82) is 0 Å². The minimum Gasteiger partial charge on any atom is -0.449 e. The van der Waals surface area contributed by atoms with Crippen LogP contribution >= 0.6 is 11.3 Å². The molecule has 1 amide bonds. The average molecular weight is 364 g/mol. The molecule has 0 atom stereocenters. The number of hydrogen-bond donors (Lipinski definition) is 2. The smallest absolute Gasteiger partial charge is 0.407 e. The predicted molar refractivity (Wildman–Crippen MR) is 104 cm³/mol. The third-order valence-electron chi connectivity index (χ3n) is 4.79. The van der Waals surface area contributed by atoms with E-state index in [2.05, 4.69) is 29.6 Å². The zero-order valence-corrected chi connectivity index (χ0v) is 15.1. The molecular formula is C21H20N2O2S. The van der Waals surface area contributed by atoms with E-state index < -0.39 is 6.09 Å². The lowest BCUT2D eigenvalue weighted by Crippen LogP contribution is -2.26. The topological polar surface area (TPSA) is 64.3 Å². The van der Waals surface area contributed by atoms with Gasteiger partial charge in [-0.1, -0.05) is 48.5 Å². The molecule has 1 aromatic heterocycles. The molecule has 1 aliphatic carbocycles. The van der Waals surface area contributed by atoms with Crippen LogP contribution in [0, 0.1) is 0 Å². The summed E-state index contributed by atoms with van der Waals surface area (Å²) < 4.78 is 5.53. The lowest BCUT2D eigenvalue weighted by atomic mass is 9.98. The summed E-state index contributed by atoms with van der Waals surface area (Å²) in [4.78, 5) is 13.2. The van der Waals surface area contributed by atoms with E-state index in [9.17, 15) is 4.79 Å². The van der Waals surface area contributed by atoms with Gasteiger partial charge >= 0.3 is 6.09 Å². The van der Waals surface area contributed by atoms with E-state index in [1.807, 2.05) is 35.7 Å². The van der Waals surface area contributed by atoms with E-state index in [1.165, 1.54) is 22.3 Å². The summed E-state index contributed by atoms with van der Waals surface area (Å²) in [6, 6.07) is 18.6. The first-order valence-corrected chi connectivity index (χ1v) is 9.50. The number of fused-ring (bicyclic) bond motifs is 3. The Balaban J connectivity index is 1.42. The number of amides is 1. The summed E-state index contributed by atoms with van der Waals surface area (Å²) >= 11 is 1.60. The highest BCUT2D eigenvalue weighted by Crippen LogP contribution is 2.44. The maximum atomic E-state index is 12.2. The van der Waals surface area contributed by atoms with Crippen LogP contribution in [0.2, 0.25) is 0 Å². The number of carbonyl (C=O) groups excluding carboxylic acids is 1. The molecule has 0 spiro atoms. The molecule has 1 heterocycles. The molecule has 0 aliphatic heterocycles. The Kier molecular flexibility index (Phi) is 4.73. The molecule has 2 aromatic carbocycles. The van der Waals surface area contributed by atoms with Gasteiger partial charge in [0.2, 0.25) is 0 Å². The fourth-order valence-corrected chi connectivity index (χ4v) is 4.30. The van der Waals surface area contributed by atoms with Crippen molar-refractivity contribution in [2.24, 2.45) is 5.73 Å². The van der Waals surface area contributed by atoms with Crippen molar-refractivity contribution in [3.05, 3.63) is 81.5 Å². The van der Waals surface area contributed by atoms with Gasteiger partial charge in [-0.3, -0.25) is 0 Å². The highest BCUT2D eigenvalue weighted by Gasteiger charge is 2.28. The molecule has 0 unspecified atom stereocenters. The molecule has 26 heavy (non-hydrogen) atoms. The van der Waals surface area contributed by atoms with Gasteiger partial charge in [0.25, 0.3) is 0 Å². The molecule has 0 bridgehead atoms. The SMILES string of the molecule is NCc1sccc1CNC(=O)OCC1c2ccccc2-c2ccccc21. The van der Waals surface area contributed by atoms with Crippen molar-refractivity contribution in [2.45, 2.75) is 19.0 Å². The quantitative estimate of drug-likeness (QED) is 0.711. The van der Waals surface area contributed by atoms with Gasteiger partial charge < -0.3 is 15.8 Å². The van der Waals surface area contributed by atoms with Crippen LogP contribution in [0.1, 0.15) is 27.5 Å². The Morgan fingerprint density at radius 2 is 1.69 bits per heavy atom. The number of carbonyl (C=O) groups is 1. The summed E-state index contributed by atoms with van der Waals surface area (Å²) in [7, 11) is 0. The third-order valence-corrected chi connectivity index (χ3v) is 5.78. The second-order valence-electron chi connectivity index (χ2n) is 6.25. The largest absolute Gasteiger partial charge is 0.449 e. The lowest BCUT2D eigenvalue weighted by Gasteiger charge is -2.14. The van der Waals surface area contributed by atoms with E-state index in [-0.39, 0.29) is 5.92 Å². The van der Waals surface area contributed by atoms with Crippen molar-refractivity contribution < 1.29 is 9.53 Å². The molecule has 4 rings (SSSR count). The van der Waals surface area contributed by atoms with Crippen LogP contribution in [-0.4, -0.2) is 12.7 Å². The zero-order chi connectivity index (χ0) is 17.9. The molecule has 0 radical (unpaired) electrons. The average Bonchev–Trinajstić information content (AvgIpc) is 3.27. The van der Waals surface area contributed by atoms with Crippen LogP contribution in [-0.2, 0) is 17.8 Å². The van der Waals surface area contributed by atoms with Crippen LogP contribution in [0.4, 0.5) is 4.79 Å². The number of nitrogens with two attached hydrogens (primary N) is 1. The first-order valence-electron chi connectivity index (χ1n) is 8.62. The van der Waals surface area contributed by atoms with Crippen molar-refractivity contribution in [1.82, 2.24) is 5.32 Å². The maximum Gasteiger partial charge on any atom is 0.407 e. The molecule has 0 saturated carbocycles. The summed E-state index contributed by atoms with van der Waals surface area (Å²) in [5, 5.41) is 4.80. The van der Waals surface area contributed by atoms with E-state index in [0.717, 1.165) is 10.4 Å². The van der Waals surface area contributed by atoms with Crippen LogP contribution in [0.5, 0.6) is 0 Å². The summed E-state index contributed by atoms with van der Waals surface area (Å²) in [5.74, 6) is 0.0777. The molecular weight excluding hydrogens is 344 g/mol. The number of benzene rings is 2. The Labute approximate surface area is 156 Å². The predicted octanol–water partition coefficient (Wildman–Crippen LogP) is 4.25. The highest BCUT2D eigenvalue weighted by molar-refractivity contribution is 7.10. The van der Waals surface area contributed by atoms with Gasteiger partial charge in [0, 0.05) is 23.9 Å². The molecule has 0 saturated heterocycles. The fraction of sp³-hybridized carbons (Fsp3) is 0.190. The van der Waals surface area contributed by atoms with E-state index in [1.54, 1.807) is 11.3 Å². The third kappa shape index (κ3) is 3.11. The van der Waals surface area contributed by atoms with Crippen molar-refractivity contribution in [3.63, 3.8) is 0 Å². The Hall–Kier alpha value is -2.63. The van der Waals surface area contributed by atoms with Crippen LogP contribution in [0.15, 0.2) is 60.0 Å². The monoisotopic (exact) mass is 364 g/mol. The van der Waals surface area contributed by atoms with Gasteiger partial charge in [0.15, 0.2) is 0 Å². The Morgan fingerprint density at radius 3 is 2.35 bits per heavy atom. The molecule has 1 aliphatic rings. The van der Waals surface area contributed by atoms with Crippen LogP contribution < -0.4 is 11.1 Å². The second-order valence-corrected chi connectivity index (χ2v) is 7.25. The molecule has 5 heteroatoms. The number of ether oxygens (including phenoxy) is 1. The standard InChI is InChI=1S/C21H20N2O2S/c22-11-20-14(9-10-26-20)12-23-21(24)25-13-19-17-7-3-1-5-15(17)16-6-2-4-8-18(16)19/h1-10,19H,11-13,22H2,(H,23,24). The maximum absolute atomic E-state index is 12.2. The summed E-state index contributed by atoms with van der Waals surface area (Å²) in [6.07, 6.45) is -0.402. The Bertz CT molecular complexity index is 890. The number of rotatable bonds is 5. The number of hydrogen-bond acceptors (Lipinski definition) is 4. The first kappa shape index (κ1) is 16.8. The van der Waals surface area contributed by atoms with Crippen LogP contribution in [0.25, 0.3) is 11.1 Å². The van der Waals surface area contributed by atoms with E-state index in [0.29, 0.717) is 19.7 Å². The summed E-state index contributed by atoms with van der Waals surface area (Å²) in [6.45, 7) is 1.25. The normalized spacial score (nSPS) is 12.5. The molecule has 3 N–H and O–H groups in total. The highest BCUT2D eigenvalue weighted by atomic mass is 32.1. The molecule has 3 aromatic rings. The van der Waals surface area contributed by atoms with Gasteiger partial charge in [-0.25, -0.2) is 4.79 Å². The van der Waals surface area contributed by atoms with Gasteiger partial charge in [0.05, 0.1) is 0 Å². The van der Waals surface area contributed by atoms with Crippen molar-refractivity contribution >= 4 is 17.4 Å². The first-order chi connectivity index (χ1) is 12.8. The van der Waals surface area contributed by atoms with Crippen LogP contribution in [0.3, 0.4) is 0 Å². The lowest BCUT2D eigenvalue weighted by molar-refractivity contribution is 0.142. The van der Waals surface area contributed by atoms with Gasteiger partial charge in [-0.2, -0.15) is 0 Å². The molecule has 0 fully saturated rings. The number of alkyl carbamates (subject to hydrolysis) is 1. The molecule has 132 valence electrons. The second kappa shape index (κ2) is 7.32.